The van der Waals surface area contributed by atoms with Gasteiger partial charge in [0.05, 0.1) is 4.92 Å². The number of thioether (sulfide) groups is 1. The van der Waals surface area contributed by atoms with Gasteiger partial charge >= 0.3 is 0 Å². The normalized spacial score (nSPS) is 10.3. The van der Waals surface area contributed by atoms with Crippen LogP contribution < -0.4 is 10.6 Å². The average molecular weight is 353 g/mol. The summed E-state index contributed by atoms with van der Waals surface area (Å²) in [5.41, 5.74) is 0.0887. The Labute approximate surface area is 140 Å². The number of para-hydroxylation sites is 2. The van der Waals surface area contributed by atoms with Gasteiger partial charge in [-0.3, -0.25) is 14.9 Å². The second-order valence-corrected chi connectivity index (χ2v) is 6.64. The van der Waals surface area contributed by atoms with Crippen LogP contribution in [0, 0.1) is 10.1 Å². The predicted molar refractivity (Wildman–Crippen MR) is 91.1 cm³/mol. The van der Waals surface area contributed by atoms with E-state index in [1.54, 1.807) is 12.1 Å². The minimum atomic E-state index is -0.520. The Kier molecular flexibility index (Phi) is 6.29. The molecule has 0 atom stereocenters. The molecule has 0 unspecified atom stereocenters. The van der Waals surface area contributed by atoms with Crippen molar-refractivity contribution in [3.63, 3.8) is 0 Å². The number of carbonyl (C=O) groups excluding carboxylic acids is 1. The van der Waals surface area contributed by atoms with Gasteiger partial charge in [0.2, 0.25) is 11.0 Å². The average Bonchev–Trinajstić information content (AvgIpc) is 2.95. The maximum atomic E-state index is 11.9. The summed E-state index contributed by atoms with van der Waals surface area (Å²) in [5.74, 6) is 0.246. The number of nitrogens with zero attached hydrogens (tertiary/aromatic N) is 3. The molecule has 0 spiro atoms. The molecule has 8 nitrogen and oxygen atoms in total. The highest BCUT2D eigenvalue weighted by Gasteiger charge is 2.14. The molecule has 0 aliphatic heterocycles. The molecule has 0 bridgehead atoms. The number of hydrogen-bond donors (Lipinski definition) is 2. The van der Waals surface area contributed by atoms with Crippen LogP contribution in [-0.4, -0.2) is 33.3 Å². The molecule has 10 heteroatoms. The molecule has 23 heavy (non-hydrogen) atoms. The Morgan fingerprint density at radius 3 is 2.91 bits per heavy atom. The van der Waals surface area contributed by atoms with Crippen molar-refractivity contribution in [2.45, 2.75) is 17.7 Å². The highest BCUT2D eigenvalue weighted by molar-refractivity contribution is 8.01. The first-order chi connectivity index (χ1) is 11.1. The fourth-order valence-corrected chi connectivity index (χ4v) is 3.50. The Hall–Kier alpha value is -2.20. The van der Waals surface area contributed by atoms with Crippen LogP contribution >= 0.6 is 23.1 Å². The van der Waals surface area contributed by atoms with Crippen LogP contribution in [0.5, 0.6) is 0 Å². The smallest absolute Gasteiger partial charge is 0.292 e. The Bertz CT molecular complexity index is 692. The first-order valence-corrected chi connectivity index (χ1v) is 8.63. The van der Waals surface area contributed by atoms with Gasteiger partial charge in [0.15, 0.2) is 4.34 Å². The lowest BCUT2D eigenvalue weighted by atomic mass is 10.2. The molecule has 1 amide bonds. The van der Waals surface area contributed by atoms with Gasteiger partial charge in [0.1, 0.15) is 5.69 Å². The third kappa shape index (κ3) is 5.18. The van der Waals surface area contributed by atoms with Crippen molar-refractivity contribution in [2.75, 3.05) is 22.9 Å². The monoisotopic (exact) mass is 353 g/mol. The topological polar surface area (TPSA) is 110 Å². The van der Waals surface area contributed by atoms with E-state index < -0.39 is 4.92 Å². The van der Waals surface area contributed by atoms with E-state index in [0.29, 0.717) is 5.75 Å². The van der Waals surface area contributed by atoms with E-state index in [1.807, 2.05) is 6.92 Å². The van der Waals surface area contributed by atoms with Crippen molar-refractivity contribution < 1.29 is 9.72 Å². The van der Waals surface area contributed by atoms with Crippen LogP contribution in [0.1, 0.15) is 13.3 Å². The fourth-order valence-electron chi connectivity index (χ4n) is 1.67. The number of benzene rings is 1. The minimum Gasteiger partial charge on any atom is -0.360 e. The largest absolute Gasteiger partial charge is 0.360 e. The Balaban J connectivity index is 1.82. The van der Waals surface area contributed by atoms with Crippen LogP contribution in [0.25, 0.3) is 0 Å². The zero-order valence-corrected chi connectivity index (χ0v) is 13.9. The lowest BCUT2D eigenvalue weighted by molar-refractivity contribution is -0.383. The summed E-state index contributed by atoms with van der Waals surface area (Å²) in [6, 6.07) is 6.06. The van der Waals surface area contributed by atoms with E-state index in [9.17, 15) is 14.9 Å². The van der Waals surface area contributed by atoms with Crippen LogP contribution in [0.2, 0.25) is 0 Å². The molecule has 1 aromatic carbocycles. The maximum Gasteiger partial charge on any atom is 0.292 e. The summed E-state index contributed by atoms with van der Waals surface area (Å²) >= 11 is 2.85. The molecule has 0 saturated carbocycles. The van der Waals surface area contributed by atoms with E-state index >= 15 is 0 Å². The number of anilines is 2. The van der Waals surface area contributed by atoms with E-state index in [2.05, 4.69) is 20.8 Å². The number of nitro benzene ring substituents is 1. The third-order valence-electron chi connectivity index (χ3n) is 2.66. The molecule has 0 aliphatic carbocycles. The van der Waals surface area contributed by atoms with Crippen LogP contribution in [-0.2, 0) is 4.79 Å². The number of hydrogen-bond acceptors (Lipinski definition) is 8. The molecule has 1 aromatic heterocycles. The van der Waals surface area contributed by atoms with E-state index in [0.717, 1.165) is 16.0 Å². The molecule has 0 saturated heterocycles. The van der Waals surface area contributed by atoms with Gasteiger partial charge in [0, 0.05) is 24.8 Å². The molecule has 0 aliphatic rings. The lowest BCUT2D eigenvalue weighted by Crippen LogP contribution is -2.13. The minimum absolute atomic E-state index is 0.118. The molecular weight excluding hydrogens is 338 g/mol. The molecule has 2 rings (SSSR count). The highest BCUT2D eigenvalue weighted by Crippen LogP contribution is 2.26. The Morgan fingerprint density at radius 1 is 1.39 bits per heavy atom. The standard InChI is InChI=1S/C13H15N5O3S2/c1-2-14-12-16-17-13(23-12)22-8-7-11(19)15-9-5-3-4-6-10(9)18(20)21/h3-6H,2,7-8H2,1H3,(H,14,16)(H,15,19). The summed E-state index contributed by atoms with van der Waals surface area (Å²) in [4.78, 5) is 22.3. The number of nitrogens with one attached hydrogen (secondary N) is 2. The molecular formula is C13H15N5O3S2. The fraction of sp³-hybridized carbons (Fsp3) is 0.308. The van der Waals surface area contributed by atoms with Gasteiger partial charge in [-0.1, -0.05) is 35.2 Å². The van der Waals surface area contributed by atoms with Crippen molar-refractivity contribution in [1.82, 2.24) is 10.2 Å². The summed E-state index contributed by atoms with van der Waals surface area (Å²) in [5, 5.41) is 25.2. The number of rotatable bonds is 8. The number of aromatic nitrogens is 2. The first-order valence-electron chi connectivity index (χ1n) is 6.83. The molecule has 2 aromatic rings. The molecule has 1 heterocycles. The van der Waals surface area contributed by atoms with Crippen LogP contribution in [0.15, 0.2) is 28.6 Å². The second-order valence-electron chi connectivity index (χ2n) is 4.32. The highest BCUT2D eigenvalue weighted by atomic mass is 32.2. The van der Waals surface area contributed by atoms with Crippen molar-refractivity contribution in [1.29, 1.82) is 0 Å². The lowest BCUT2D eigenvalue weighted by Gasteiger charge is -2.05. The number of amides is 1. The SMILES string of the molecule is CCNc1nnc(SCCC(=O)Nc2ccccc2[N+](=O)[O-])s1. The summed E-state index contributed by atoms with van der Waals surface area (Å²) in [7, 11) is 0. The van der Waals surface area contributed by atoms with Crippen molar-refractivity contribution in [2.24, 2.45) is 0 Å². The summed E-state index contributed by atoms with van der Waals surface area (Å²) in [6.07, 6.45) is 0.229. The predicted octanol–water partition coefficient (Wildman–Crippen LogP) is 3.00. The Morgan fingerprint density at radius 2 is 2.17 bits per heavy atom. The quantitative estimate of drug-likeness (QED) is 0.426. The first kappa shape index (κ1) is 17.2. The number of carbonyl (C=O) groups is 1. The zero-order chi connectivity index (χ0) is 16.7. The molecule has 2 N–H and O–H groups in total. The third-order valence-corrected chi connectivity index (χ3v) is 4.68. The summed E-state index contributed by atoms with van der Waals surface area (Å²) < 4.78 is 0.777. The zero-order valence-electron chi connectivity index (χ0n) is 12.3. The van der Waals surface area contributed by atoms with Crippen molar-refractivity contribution >= 4 is 45.5 Å². The van der Waals surface area contributed by atoms with Gasteiger partial charge < -0.3 is 10.6 Å². The van der Waals surface area contributed by atoms with E-state index in [-0.39, 0.29) is 23.7 Å². The molecule has 0 radical (unpaired) electrons. The van der Waals surface area contributed by atoms with Crippen LogP contribution in [0.3, 0.4) is 0 Å². The van der Waals surface area contributed by atoms with Gasteiger partial charge in [0.25, 0.3) is 5.69 Å². The summed E-state index contributed by atoms with van der Waals surface area (Å²) in [6.45, 7) is 2.75. The maximum absolute atomic E-state index is 11.9. The van der Waals surface area contributed by atoms with Crippen LogP contribution in [0.4, 0.5) is 16.5 Å². The number of nitro groups is 1. The second kappa shape index (κ2) is 8.44. The van der Waals surface area contributed by atoms with Crippen molar-refractivity contribution in [3.8, 4) is 0 Å². The van der Waals surface area contributed by atoms with Gasteiger partial charge in [-0.15, -0.1) is 10.2 Å². The van der Waals surface area contributed by atoms with Gasteiger partial charge in [-0.05, 0) is 13.0 Å². The molecule has 0 fully saturated rings. The van der Waals surface area contributed by atoms with Crippen molar-refractivity contribution in [3.05, 3.63) is 34.4 Å². The van der Waals surface area contributed by atoms with E-state index in [1.165, 1.54) is 35.2 Å². The van der Waals surface area contributed by atoms with Gasteiger partial charge in [-0.25, -0.2) is 0 Å². The van der Waals surface area contributed by atoms with E-state index in [4.69, 9.17) is 0 Å². The molecule has 122 valence electrons. The van der Waals surface area contributed by atoms with Gasteiger partial charge in [-0.2, -0.15) is 0 Å².